The minimum atomic E-state index is -0.393. The SMILES string of the molecule is COC(=O)c1ccc(NCC(=O)NC(C)c2ccc(Cl)cc2)cc1. The molecule has 0 spiro atoms. The second-order valence-electron chi connectivity index (χ2n) is 5.26. The fourth-order valence-electron chi connectivity index (χ4n) is 2.15. The molecule has 0 aliphatic carbocycles. The van der Waals surface area contributed by atoms with Gasteiger partial charge >= 0.3 is 5.97 Å². The van der Waals surface area contributed by atoms with Gasteiger partial charge in [-0.05, 0) is 48.9 Å². The first-order chi connectivity index (χ1) is 11.5. The lowest BCUT2D eigenvalue weighted by Gasteiger charge is -2.15. The molecule has 1 amide bonds. The molecule has 2 rings (SSSR count). The molecule has 2 N–H and O–H groups in total. The van der Waals surface area contributed by atoms with Gasteiger partial charge in [0.2, 0.25) is 5.91 Å². The molecular formula is C18H19ClN2O3. The zero-order valence-electron chi connectivity index (χ0n) is 13.5. The van der Waals surface area contributed by atoms with Gasteiger partial charge in [-0.15, -0.1) is 0 Å². The van der Waals surface area contributed by atoms with E-state index < -0.39 is 5.97 Å². The summed E-state index contributed by atoms with van der Waals surface area (Å²) in [6.07, 6.45) is 0. The number of hydrogen-bond donors (Lipinski definition) is 2. The molecule has 0 bridgehead atoms. The van der Waals surface area contributed by atoms with Crippen LogP contribution < -0.4 is 10.6 Å². The second kappa shape index (κ2) is 8.36. The number of amides is 1. The number of methoxy groups -OCH3 is 1. The molecule has 1 unspecified atom stereocenters. The summed E-state index contributed by atoms with van der Waals surface area (Å²) in [7, 11) is 1.33. The Hall–Kier alpha value is -2.53. The van der Waals surface area contributed by atoms with E-state index in [1.807, 2.05) is 19.1 Å². The van der Waals surface area contributed by atoms with Crippen molar-refractivity contribution in [3.63, 3.8) is 0 Å². The summed E-state index contributed by atoms with van der Waals surface area (Å²) in [5.41, 5.74) is 2.19. The molecular weight excluding hydrogens is 328 g/mol. The third-order valence-electron chi connectivity index (χ3n) is 3.51. The minimum absolute atomic E-state index is 0.113. The number of carbonyl (C=O) groups is 2. The monoisotopic (exact) mass is 346 g/mol. The van der Waals surface area contributed by atoms with Gasteiger partial charge in [-0.3, -0.25) is 4.79 Å². The first kappa shape index (κ1) is 17.8. The van der Waals surface area contributed by atoms with Crippen molar-refractivity contribution in [2.24, 2.45) is 0 Å². The predicted molar refractivity (Wildman–Crippen MR) is 94.3 cm³/mol. The Morgan fingerprint density at radius 1 is 1.08 bits per heavy atom. The van der Waals surface area contributed by atoms with Crippen LogP contribution in [0.1, 0.15) is 28.9 Å². The van der Waals surface area contributed by atoms with Crippen molar-refractivity contribution in [2.45, 2.75) is 13.0 Å². The van der Waals surface area contributed by atoms with Crippen molar-refractivity contribution in [1.29, 1.82) is 0 Å². The lowest BCUT2D eigenvalue weighted by atomic mass is 10.1. The average Bonchev–Trinajstić information content (AvgIpc) is 2.60. The number of nitrogens with one attached hydrogen (secondary N) is 2. The van der Waals surface area contributed by atoms with E-state index in [0.717, 1.165) is 11.3 Å². The van der Waals surface area contributed by atoms with Crippen LogP contribution in [0.2, 0.25) is 5.02 Å². The molecule has 0 heterocycles. The van der Waals surface area contributed by atoms with Crippen molar-refractivity contribution in [2.75, 3.05) is 19.0 Å². The Balaban J connectivity index is 1.84. The highest BCUT2D eigenvalue weighted by molar-refractivity contribution is 6.30. The van der Waals surface area contributed by atoms with Gasteiger partial charge in [0.25, 0.3) is 0 Å². The standard InChI is InChI=1S/C18H19ClN2O3/c1-12(13-3-7-15(19)8-4-13)21-17(22)11-20-16-9-5-14(6-10-16)18(23)24-2/h3-10,12,20H,11H2,1-2H3,(H,21,22). The largest absolute Gasteiger partial charge is 0.465 e. The summed E-state index contributed by atoms with van der Waals surface area (Å²) in [5, 5.41) is 6.58. The number of hydrogen-bond acceptors (Lipinski definition) is 4. The van der Waals surface area contributed by atoms with Crippen LogP contribution in [0.3, 0.4) is 0 Å². The van der Waals surface area contributed by atoms with Crippen LogP contribution in [0, 0.1) is 0 Å². The Bertz CT molecular complexity index is 699. The van der Waals surface area contributed by atoms with Crippen LogP contribution >= 0.6 is 11.6 Å². The van der Waals surface area contributed by atoms with Gasteiger partial charge < -0.3 is 15.4 Å². The zero-order valence-corrected chi connectivity index (χ0v) is 14.3. The molecule has 2 aromatic rings. The van der Waals surface area contributed by atoms with Gasteiger partial charge in [0.05, 0.1) is 25.3 Å². The van der Waals surface area contributed by atoms with Crippen LogP contribution in [-0.2, 0) is 9.53 Å². The van der Waals surface area contributed by atoms with E-state index >= 15 is 0 Å². The molecule has 1 atom stereocenters. The summed E-state index contributed by atoms with van der Waals surface area (Å²) in [4.78, 5) is 23.4. The molecule has 0 radical (unpaired) electrons. The quantitative estimate of drug-likeness (QED) is 0.786. The molecule has 6 heteroatoms. The maximum absolute atomic E-state index is 12.0. The van der Waals surface area contributed by atoms with E-state index in [2.05, 4.69) is 15.4 Å². The maximum atomic E-state index is 12.0. The van der Waals surface area contributed by atoms with E-state index in [9.17, 15) is 9.59 Å². The van der Waals surface area contributed by atoms with Crippen molar-refractivity contribution in [3.05, 3.63) is 64.7 Å². The molecule has 0 aliphatic heterocycles. The first-order valence-electron chi connectivity index (χ1n) is 7.46. The fourth-order valence-corrected chi connectivity index (χ4v) is 2.28. The number of benzene rings is 2. The summed E-state index contributed by atoms with van der Waals surface area (Å²) in [6, 6.07) is 14.0. The molecule has 24 heavy (non-hydrogen) atoms. The van der Waals surface area contributed by atoms with Gasteiger partial charge in [0.1, 0.15) is 0 Å². The normalized spacial score (nSPS) is 11.5. The average molecular weight is 347 g/mol. The third kappa shape index (κ3) is 4.99. The Morgan fingerprint density at radius 3 is 2.29 bits per heavy atom. The zero-order chi connectivity index (χ0) is 17.5. The third-order valence-corrected chi connectivity index (χ3v) is 3.76. The Labute approximate surface area is 146 Å². The predicted octanol–water partition coefficient (Wildman–Crippen LogP) is 3.42. The van der Waals surface area contributed by atoms with Gasteiger partial charge in [-0.25, -0.2) is 4.79 Å². The van der Waals surface area contributed by atoms with Gasteiger partial charge in [-0.1, -0.05) is 23.7 Å². The highest BCUT2D eigenvalue weighted by atomic mass is 35.5. The Kier molecular flexibility index (Phi) is 6.21. The highest BCUT2D eigenvalue weighted by Crippen LogP contribution is 2.16. The summed E-state index contributed by atoms with van der Waals surface area (Å²) < 4.78 is 4.64. The van der Waals surface area contributed by atoms with Crippen LogP contribution in [0.15, 0.2) is 48.5 Å². The minimum Gasteiger partial charge on any atom is -0.465 e. The maximum Gasteiger partial charge on any atom is 0.337 e. The topological polar surface area (TPSA) is 67.4 Å². The lowest BCUT2D eigenvalue weighted by molar-refractivity contribution is -0.120. The molecule has 0 aliphatic rings. The molecule has 126 valence electrons. The van der Waals surface area contributed by atoms with Crippen LogP contribution in [0.5, 0.6) is 0 Å². The van der Waals surface area contributed by atoms with Gasteiger partial charge in [0.15, 0.2) is 0 Å². The van der Waals surface area contributed by atoms with Gasteiger partial charge in [-0.2, -0.15) is 0 Å². The van der Waals surface area contributed by atoms with Crippen molar-refractivity contribution in [3.8, 4) is 0 Å². The lowest BCUT2D eigenvalue weighted by Crippen LogP contribution is -2.32. The van der Waals surface area contributed by atoms with Crippen LogP contribution in [-0.4, -0.2) is 25.5 Å². The summed E-state index contributed by atoms with van der Waals surface area (Å²) in [6.45, 7) is 2.04. The number of anilines is 1. The molecule has 2 aromatic carbocycles. The summed E-state index contributed by atoms with van der Waals surface area (Å²) >= 11 is 5.85. The number of esters is 1. The molecule has 0 aromatic heterocycles. The molecule has 5 nitrogen and oxygen atoms in total. The van der Waals surface area contributed by atoms with E-state index in [1.54, 1.807) is 36.4 Å². The van der Waals surface area contributed by atoms with E-state index in [0.29, 0.717) is 10.6 Å². The summed E-state index contributed by atoms with van der Waals surface area (Å²) in [5.74, 6) is -0.523. The van der Waals surface area contributed by atoms with Crippen molar-refractivity contribution < 1.29 is 14.3 Å². The number of carbonyl (C=O) groups excluding carboxylic acids is 2. The van der Waals surface area contributed by atoms with Gasteiger partial charge in [0, 0.05) is 10.7 Å². The van der Waals surface area contributed by atoms with Crippen molar-refractivity contribution >= 4 is 29.2 Å². The smallest absolute Gasteiger partial charge is 0.337 e. The Morgan fingerprint density at radius 2 is 1.71 bits per heavy atom. The van der Waals surface area contributed by atoms with E-state index in [-0.39, 0.29) is 18.5 Å². The molecule has 0 saturated heterocycles. The van der Waals surface area contributed by atoms with Crippen molar-refractivity contribution in [1.82, 2.24) is 5.32 Å². The number of ether oxygens (including phenoxy) is 1. The second-order valence-corrected chi connectivity index (χ2v) is 5.70. The molecule has 0 fully saturated rings. The van der Waals surface area contributed by atoms with E-state index in [1.165, 1.54) is 7.11 Å². The number of rotatable bonds is 6. The van der Waals surface area contributed by atoms with E-state index in [4.69, 9.17) is 11.6 Å². The van der Waals surface area contributed by atoms with Crippen LogP contribution in [0.4, 0.5) is 5.69 Å². The van der Waals surface area contributed by atoms with Crippen LogP contribution in [0.25, 0.3) is 0 Å². The first-order valence-corrected chi connectivity index (χ1v) is 7.84. The fraction of sp³-hybridized carbons (Fsp3) is 0.222. The number of halogens is 1. The molecule has 0 saturated carbocycles. The highest BCUT2D eigenvalue weighted by Gasteiger charge is 2.10.